The lowest BCUT2D eigenvalue weighted by Crippen LogP contribution is -2.37. The predicted octanol–water partition coefficient (Wildman–Crippen LogP) is 1.68. The zero-order chi connectivity index (χ0) is 22.0. The van der Waals surface area contributed by atoms with Gasteiger partial charge in [-0.15, -0.1) is 0 Å². The van der Waals surface area contributed by atoms with Crippen molar-refractivity contribution in [3.63, 3.8) is 0 Å². The number of halogens is 3. The highest BCUT2D eigenvalue weighted by molar-refractivity contribution is 8.03. The van der Waals surface area contributed by atoms with Crippen molar-refractivity contribution >= 4 is 45.6 Å². The van der Waals surface area contributed by atoms with Gasteiger partial charge in [-0.1, -0.05) is 0 Å². The van der Waals surface area contributed by atoms with Crippen LogP contribution in [-0.2, 0) is 14.8 Å². The van der Waals surface area contributed by atoms with Gasteiger partial charge in [0.25, 0.3) is 0 Å². The molecule has 16 heteroatoms. The number of carbonyl (C=O) groups excluding carboxylic acids is 1. The van der Waals surface area contributed by atoms with E-state index in [0.717, 1.165) is 4.31 Å². The number of primary sulfonamides is 1. The zero-order valence-corrected chi connectivity index (χ0v) is 17.6. The van der Waals surface area contributed by atoms with Crippen LogP contribution in [0, 0.1) is 0 Å². The Labute approximate surface area is 173 Å². The maximum absolute atomic E-state index is 12.9. The van der Waals surface area contributed by atoms with Gasteiger partial charge in [0.1, 0.15) is 4.91 Å². The highest BCUT2D eigenvalue weighted by atomic mass is 35.5. The number of hydrogen-bond acceptors (Lipinski definition) is 9. The van der Waals surface area contributed by atoms with Crippen molar-refractivity contribution in [2.75, 3.05) is 26.1 Å². The van der Waals surface area contributed by atoms with Gasteiger partial charge in [-0.3, -0.25) is 9.62 Å². The average Bonchev–Trinajstić information content (AvgIpc) is 2.95. The minimum absolute atomic E-state index is 0.0889. The monoisotopic (exact) mass is 475 g/mol. The topological polar surface area (TPSA) is 146 Å². The molecule has 0 aromatic carbocycles. The molecular weight excluding hydrogens is 460 g/mol. The van der Waals surface area contributed by atoms with Crippen LogP contribution in [0.3, 0.4) is 0 Å². The Morgan fingerprint density at radius 1 is 1.38 bits per heavy atom. The number of anilines is 1. The fourth-order valence-corrected chi connectivity index (χ4v) is 4.52. The number of carbonyl (C=O) groups is 1. The number of urea groups is 1. The quantitative estimate of drug-likeness (QED) is 0.444. The summed E-state index contributed by atoms with van der Waals surface area (Å²) in [6.45, 7) is -0.0111. The fourth-order valence-electron chi connectivity index (χ4n) is 2.13. The van der Waals surface area contributed by atoms with Gasteiger partial charge >= 0.3 is 11.4 Å². The minimum atomic E-state index is -4.38. The van der Waals surface area contributed by atoms with Gasteiger partial charge in [0.2, 0.25) is 27.7 Å². The van der Waals surface area contributed by atoms with Crippen LogP contribution in [0.4, 0.5) is 19.5 Å². The number of methoxy groups -OCH3 is 2. The summed E-state index contributed by atoms with van der Waals surface area (Å²) in [6, 6.07) is -0.668. The molecule has 0 fully saturated rings. The molecule has 2 amide bonds. The number of ether oxygens (including phenoxy) is 3. The molecule has 0 saturated heterocycles. The van der Waals surface area contributed by atoms with Crippen molar-refractivity contribution < 1.29 is 36.2 Å². The molecule has 29 heavy (non-hydrogen) atoms. The smallest absolute Gasteiger partial charge is 0.355 e. The van der Waals surface area contributed by atoms with Crippen molar-refractivity contribution in [3.05, 3.63) is 16.1 Å². The van der Waals surface area contributed by atoms with E-state index in [2.05, 4.69) is 15.3 Å². The summed E-state index contributed by atoms with van der Waals surface area (Å²) in [5.74, 6) is -0.0326. The number of amides is 2. The molecule has 1 aliphatic rings. The third-order valence-corrected chi connectivity index (χ3v) is 5.86. The van der Waals surface area contributed by atoms with Gasteiger partial charge in [0, 0.05) is 11.9 Å². The largest absolute Gasteiger partial charge is 0.481 e. The van der Waals surface area contributed by atoms with E-state index < -0.39 is 44.1 Å². The first-order valence-corrected chi connectivity index (χ1v) is 10.3. The molecule has 0 bridgehead atoms. The molecular formula is C13H16ClF2N5O6S2. The van der Waals surface area contributed by atoms with Crippen molar-refractivity contribution in [1.82, 2.24) is 14.3 Å². The first-order valence-electron chi connectivity index (χ1n) is 7.57. The normalized spacial score (nSPS) is 17.3. The summed E-state index contributed by atoms with van der Waals surface area (Å²) < 4.78 is 65.1. The van der Waals surface area contributed by atoms with Crippen LogP contribution in [0.25, 0.3) is 0 Å². The van der Waals surface area contributed by atoms with E-state index in [9.17, 15) is 22.0 Å². The molecule has 0 radical (unpaired) electrons. The SMILES string of the molecule is COc1cc(OC)nc(NC(=O)N2SC(OCC(F)(F)Cl)=C(S(N)(=O)=O)C2C)n1. The first kappa shape index (κ1) is 23.2. The summed E-state index contributed by atoms with van der Waals surface area (Å²) in [5.41, 5.74) is 0. The van der Waals surface area contributed by atoms with Crippen LogP contribution >= 0.6 is 23.5 Å². The second-order valence-electron chi connectivity index (χ2n) is 5.40. The number of nitrogens with two attached hydrogens (primary N) is 1. The van der Waals surface area contributed by atoms with Crippen molar-refractivity contribution in [1.29, 1.82) is 0 Å². The Bertz CT molecular complexity index is 905. The minimum Gasteiger partial charge on any atom is -0.481 e. The average molecular weight is 476 g/mol. The lowest BCUT2D eigenvalue weighted by atomic mass is 10.3. The molecule has 1 atom stereocenters. The van der Waals surface area contributed by atoms with Gasteiger partial charge in [-0.2, -0.15) is 18.7 Å². The van der Waals surface area contributed by atoms with E-state index in [-0.39, 0.29) is 17.7 Å². The summed E-state index contributed by atoms with van der Waals surface area (Å²) >= 11 is 5.22. The lowest BCUT2D eigenvalue weighted by molar-refractivity contribution is 0.0181. The Hall–Kier alpha value is -2.10. The number of nitrogens with one attached hydrogen (secondary N) is 1. The molecule has 1 aliphatic heterocycles. The third-order valence-electron chi connectivity index (χ3n) is 3.30. The molecule has 3 N–H and O–H groups in total. The van der Waals surface area contributed by atoms with E-state index in [1.54, 1.807) is 0 Å². The van der Waals surface area contributed by atoms with Crippen LogP contribution in [0.5, 0.6) is 11.8 Å². The van der Waals surface area contributed by atoms with E-state index in [1.165, 1.54) is 27.2 Å². The van der Waals surface area contributed by atoms with Gasteiger partial charge in [0.15, 0.2) is 11.7 Å². The molecule has 0 saturated carbocycles. The highest BCUT2D eigenvalue weighted by Crippen LogP contribution is 2.41. The van der Waals surface area contributed by atoms with Gasteiger partial charge in [-0.25, -0.2) is 18.4 Å². The van der Waals surface area contributed by atoms with E-state index in [0.29, 0.717) is 11.9 Å². The van der Waals surface area contributed by atoms with E-state index >= 15 is 0 Å². The van der Waals surface area contributed by atoms with Crippen molar-refractivity contribution in [3.8, 4) is 11.8 Å². The molecule has 0 spiro atoms. The highest BCUT2D eigenvalue weighted by Gasteiger charge is 2.42. The maximum atomic E-state index is 12.9. The molecule has 1 aromatic heterocycles. The molecule has 11 nitrogen and oxygen atoms in total. The van der Waals surface area contributed by atoms with Crippen LogP contribution in [0.15, 0.2) is 16.1 Å². The van der Waals surface area contributed by atoms with Crippen LogP contribution in [-0.4, -0.2) is 61.0 Å². The zero-order valence-electron chi connectivity index (χ0n) is 15.2. The van der Waals surface area contributed by atoms with Crippen molar-refractivity contribution in [2.24, 2.45) is 5.14 Å². The van der Waals surface area contributed by atoms with Crippen molar-refractivity contribution in [2.45, 2.75) is 18.3 Å². The Morgan fingerprint density at radius 2 is 1.93 bits per heavy atom. The molecule has 1 aromatic rings. The predicted molar refractivity (Wildman–Crippen MR) is 99.9 cm³/mol. The summed E-state index contributed by atoms with van der Waals surface area (Å²) in [5, 5.41) is 3.21. The number of sulfonamides is 1. The Morgan fingerprint density at radius 3 is 2.38 bits per heavy atom. The standard InChI is InChI=1S/C13H16ClF2N5O6S2/c1-6-9(29(17,23)24)10(27-5-13(14,15)16)28-21(6)12(22)20-11-18-7(25-2)4-8(19-11)26-3/h4,6H,5H2,1-3H3,(H2,17,23,24)(H,18,19,20,22). The van der Waals surface area contributed by atoms with E-state index in [4.69, 9.17) is 31.0 Å². The molecule has 0 aliphatic carbocycles. The fraction of sp³-hybridized carbons (Fsp3) is 0.462. The van der Waals surface area contributed by atoms with Gasteiger partial charge in [0.05, 0.1) is 26.3 Å². The number of alkyl halides is 3. The Kier molecular flexibility index (Phi) is 6.97. The van der Waals surface area contributed by atoms with E-state index in [1.807, 2.05) is 0 Å². The third kappa shape index (κ3) is 5.94. The Balaban J connectivity index is 2.24. The first-order chi connectivity index (χ1) is 13.4. The summed E-state index contributed by atoms with van der Waals surface area (Å²) in [4.78, 5) is 19.8. The lowest BCUT2D eigenvalue weighted by Gasteiger charge is -2.20. The molecule has 2 heterocycles. The summed E-state index contributed by atoms with van der Waals surface area (Å²) in [7, 11) is -1.70. The van der Waals surface area contributed by atoms with Crippen LogP contribution < -0.4 is 19.9 Å². The maximum Gasteiger partial charge on any atom is 0.355 e. The van der Waals surface area contributed by atoms with Crippen LogP contribution in [0.2, 0.25) is 0 Å². The second-order valence-corrected chi connectivity index (χ2v) is 8.43. The van der Waals surface area contributed by atoms with Gasteiger partial charge in [-0.05, 0) is 18.5 Å². The molecule has 162 valence electrons. The summed E-state index contributed by atoms with van der Waals surface area (Å²) in [6.07, 6.45) is 0. The molecule has 2 rings (SSSR count). The number of aromatic nitrogens is 2. The second kappa shape index (κ2) is 8.73. The number of hydrogen-bond donors (Lipinski definition) is 2. The van der Waals surface area contributed by atoms with Crippen LogP contribution in [0.1, 0.15) is 6.92 Å². The number of rotatable bonds is 7. The number of nitrogens with zero attached hydrogens (tertiary/aromatic N) is 3. The van der Waals surface area contributed by atoms with Gasteiger partial charge < -0.3 is 14.2 Å². The molecule has 1 unspecified atom stereocenters.